The minimum absolute atomic E-state index is 0.0740. The maximum absolute atomic E-state index is 13.0. The van der Waals surface area contributed by atoms with Crippen LogP contribution in [-0.2, 0) is 6.18 Å². The van der Waals surface area contributed by atoms with Crippen LogP contribution in [0, 0.1) is 5.92 Å². The zero-order chi connectivity index (χ0) is 15.9. The van der Waals surface area contributed by atoms with Crippen LogP contribution < -0.4 is 11.4 Å². The average Bonchev–Trinajstić information content (AvgIpc) is 2.40. The van der Waals surface area contributed by atoms with Crippen molar-refractivity contribution in [2.45, 2.75) is 20.0 Å². The van der Waals surface area contributed by atoms with E-state index >= 15 is 0 Å². The monoisotopic (exact) mass is 298 g/mol. The highest BCUT2D eigenvalue weighted by atomic mass is 19.4. The van der Waals surface area contributed by atoms with E-state index in [1.807, 2.05) is 0 Å². The van der Waals surface area contributed by atoms with Crippen molar-refractivity contribution in [3.63, 3.8) is 0 Å². The van der Waals surface area contributed by atoms with Gasteiger partial charge in [-0.3, -0.25) is 9.59 Å². The number of nitrogen functional groups attached to an aromatic ring is 1. The molecule has 0 aliphatic carbocycles. The van der Waals surface area contributed by atoms with Gasteiger partial charge in [-0.1, -0.05) is 13.8 Å². The predicted molar refractivity (Wildman–Crippen MR) is 72.5 cm³/mol. The molecule has 112 valence electrons. The van der Waals surface area contributed by atoms with Crippen molar-refractivity contribution >= 4 is 16.7 Å². The minimum Gasteiger partial charge on any atom is -0.336 e. The number of benzene rings is 1. The van der Waals surface area contributed by atoms with Crippen molar-refractivity contribution < 1.29 is 18.0 Å². The molecule has 1 aromatic heterocycles. The molecule has 0 atom stereocenters. The van der Waals surface area contributed by atoms with Gasteiger partial charge in [0.1, 0.15) is 0 Å². The number of hydrogen-bond acceptors (Lipinski definition) is 3. The summed E-state index contributed by atoms with van der Waals surface area (Å²) in [6.45, 7) is 3.31. The summed E-state index contributed by atoms with van der Waals surface area (Å²) in [5, 5.41) is -0.267. The summed E-state index contributed by atoms with van der Waals surface area (Å²) in [7, 11) is 0. The second-order valence-corrected chi connectivity index (χ2v) is 5.01. The molecule has 0 bridgehead atoms. The maximum Gasteiger partial charge on any atom is 0.417 e. The van der Waals surface area contributed by atoms with E-state index in [2.05, 4.69) is 0 Å². The highest BCUT2D eigenvalue weighted by molar-refractivity contribution is 6.01. The first-order chi connectivity index (χ1) is 9.62. The second-order valence-electron chi connectivity index (χ2n) is 5.01. The molecule has 21 heavy (non-hydrogen) atoms. The molecular formula is C14H13F3N2O2. The molecule has 1 aromatic carbocycles. The summed E-state index contributed by atoms with van der Waals surface area (Å²) in [4.78, 5) is 23.4. The minimum atomic E-state index is -4.70. The second kappa shape index (κ2) is 4.91. The van der Waals surface area contributed by atoms with Gasteiger partial charge in [0.2, 0.25) is 0 Å². The van der Waals surface area contributed by atoms with Gasteiger partial charge in [-0.15, -0.1) is 0 Å². The van der Waals surface area contributed by atoms with Gasteiger partial charge in [0.25, 0.3) is 5.56 Å². The molecule has 2 N–H and O–H groups in total. The van der Waals surface area contributed by atoms with E-state index in [4.69, 9.17) is 5.84 Å². The van der Waals surface area contributed by atoms with Crippen LogP contribution in [0.5, 0.6) is 0 Å². The quantitative estimate of drug-likeness (QED) is 0.684. The molecule has 2 aromatic rings. The zero-order valence-corrected chi connectivity index (χ0v) is 11.4. The fraction of sp³-hybridized carbons (Fsp3) is 0.286. The Bertz CT molecular complexity index is 776. The van der Waals surface area contributed by atoms with Crippen molar-refractivity contribution in [3.05, 3.63) is 45.7 Å². The summed E-state index contributed by atoms with van der Waals surface area (Å²) in [6.07, 6.45) is -4.70. The van der Waals surface area contributed by atoms with Crippen LogP contribution in [0.2, 0.25) is 0 Å². The molecule has 0 aliphatic rings. The van der Waals surface area contributed by atoms with Gasteiger partial charge < -0.3 is 5.84 Å². The highest BCUT2D eigenvalue weighted by Crippen LogP contribution is 2.34. The van der Waals surface area contributed by atoms with E-state index in [0.29, 0.717) is 10.7 Å². The molecule has 0 saturated heterocycles. The van der Waals surface area contributed by atoms with Gasteiger partial charge in [-0.2, -0.15) is 13.2 Å². The van der Waals surface area contributed by atoms with E-state index in [1.165, 1.54) is 12.1 Å². The normalized spacial score (nSPS) is 12.1. The van der Waals surface area contributed by atoms with Gasteiger partial charge in [0.15, 0.2) is 5.78 Å². The Labute approximate surface area is 117 Å². The van der Waals surface area contributed by atoms with Gasteiger partial charge in [0, 0.05) is 22.9 Å². The van der Waals surface area contributed by atoms with Gasteiger partial charge in [-0.25, -0.2) is 4.68 Å². The van der Waals surface area contributed by atoms with Crippen molar-refractivity contribution in [1.29, 1.82) is 0 Å². The van der Waals surface area contributed by atoms with E-state index < -0.39 is 17.3 Å². The number of hydrogen-bond donors (Lipinski definition) is 1. The van der Waals surface area contributed by atoms with Gasteiger partial charge in [0.05, 0.1) is 11.1 Å². The Morgan fingerprint density at radius 2 is 1.86 bits per heavy atom. The van der Waals surface area contributed by atoms with Crippen LogP contribution in [0.4, 0.5) is 13.2 Å². The molecule has 0 amide bonds. The Morgan fingerprint density at radius 3 is 2.38 bits per heavy atom. The number of rotatable bonds is 2. The van der Waals surface area contributed by atoms with Crippen LogP contribution in [-0.4, -0.2) is 10.5 Å². The Hall–Kier alpha value is -2.31. The number of Topliss-reactive ketones (excluding diaryl/α,β-unsaturated/α-hetero) is 1. The molecule has 4 nitrogen and oxygen atoms in total. The first-order valence-electron chi connectivity index (χ1n) is 6.19. The topological polar surface area (TPSA) is 65.1 Å². The SMILES string of the molecule is CC(C)C(=O)c1ccc2c(c1)c(C(F)(F)F)cc(=O)n2N. The highest BCUT2D eigenvalue weighted by Gasteiger charge is 2.34. The fourth-order valence-corrected chi connectivity index (χ4v) is 2.07. The number of carbonyl (C=O) groups excluding carboxylic acids is 1. The first kappa shape index (κ1) is 15.1. The smallest absolute Gasteiger partial charge is 0.336 e. The Balaban J connectivity index is 2.85. The maximum atomic E-state index is 13.0. The molecular weight excluding hydrogens is 285 g/mol. The molecule has 0 fully saturated rings. The Kier molecular flexibility index (Phi) is 3.52. The van der Waals surface area contributed by atoms with Gasteiger partial charge >= 0.3 is 6.18 Å². The molecule has 1 heterocycles. The van der Waals surface area contributed by atoms with E-state index in [0.717, 1.165) is 6.07 Å². The molecule has 0 saturated carbocycles. The van der Waals surface area contributed by atoms with Crippen LogP contribution in [0.25, 0.3) is 10.9 Å². The van der Waals surface area contributed by atoms with Gasteiger partial charge in [-0.05, 0) is 18.2 Å². The van der Waals surface area contributed by atoms with Crippen molar-refractivity contribution in [2.75, 3.05) is 5.84 Å². The number of pyridine rings is 1. The first-order valence-corrected chi connectivity index (χ1v) is 6.19. The Morgan fingerprint density at radius 1 is 1.24 bits per heavy atom. The third kappa shape index (κ3) is 2.63. The number of ketones is 1. The van der Waals surface area contributed by atoms with Crippen molar-refractivity contribution in [3.8, 4) is 0 Å². The zero-order valence-electron chi connectivity index (χ0n) is 11.4. The number of nitrogens with two attached hydrogens (primary N) is 1. The summed E-state index contributed by atoms with van der Waals surface area (Å²) >= 11 is 0. The lowest BCUT2D eigenvalue weighted by Gasteiger charge is -2.14. The number of carbonyl (C=O) groups is 1. The van der Waals surface area contributed by atoms with Crippen LogP contribution in [0.3, 0.4) is 0 Å². The molecule has 0 radical (unpaired) electrons. The molecule has 0 unspecified atom stereocenters. The standard InChI is InChI=1S/C14H13F3N2O2/c1-7(2)13(21)8-3-4-11-9(5-8)10(14(15,16)17)6-12(20)19(11)18/h3-7H,18H2,1-2H3. The molecule has 2 rings (SSSR count). The lowest BCUT2D eigenvalue weighted by atomic mass is 9.98. The number of nitrogens with zero attached hydrogens (tertiary/aromatic N) is 1. The van der Waals surface area contributed by atoms with Crippen molar-refractivity contribution in [2.24, 2.45) is 5.92 Å². The van der Waals surface area contributed by atoms with E-state index in [-0.39, 0.29) is 28.2 Å². The summed E-state index contributed by atoms with van der Waals surface area (Å²) in [5.41, 5.74) is -1.97. The third-order valence-corrected chi connectivity index (χ3v) is 3.17. The third-order valence-electron chi connectivity index (χ3n) is 3.17. The fourth-order valence-electron chi connectivity index (χ4n) is 2.07. The van der Waals surface area contributed by atoms with E-state index in [9.17, 15) is 22.8 Å². The number of fused-ring (bicyclic) bond motifs is 1. The summed E-state index contributed by atoms with van der Waals surface area (Å²) in [5.74, 6) is 4.84. The van der Waals surface area contributed by atoms with E-state index in [1.54, 1.807) is 13.8 Å². The molecule has 7 heteroatoms. The van der Waals surface area contributed by atoms with Crippen molar-refractivity contribution in [1.82, 2.24) is 4.68 Å². The average molecular weight is 298 g/mol. The summed E-state index contributed by atoms with van der Waals surface area (Å²) < 4.78 is 39.8. The number of halogens is 3. The van der Waals surface area contributed by atoms with Crippen LogP contribution >= 0.6 is 0 Å². The van der Waals surface area contributed by atoms with Crippen LogP contribution in [0.15, 0.2) is 29.1 Å². The lowest BCUT2D eigenvalue weighted by molar-refractivity contribution is -0.136. The largest absolute Gasteiger partial charge is 0.417 e. The van der Waals surface area contributed by atoms with Crippen LogP contribution in [0.1, 0.15) is 29.8 Å². The lowest BCUT2D eigenvalue weighted by Crippen LogP contribution is -2.29. The predicted octanol–water partition coefficient (Wildman–Crippen LogP) is 2.57. The number of alkyl halides is 3. The molecule has 0 spiro atoms. The molecule has 0 aliphatic heterocycles. The summed E-state index contributed by atoms with van der Waals surface area (Å²) in [6, 6.07) is 4.18. The number of aromatic nitrogens is 1.